The number of rotatable bonds is 4. The summed E-state index contributed by atoms with van der Waals surface area (Å²) in [6.45, 7) is 7.80. The number of aromatic nitrogens is 2. The lowest BCUT2D eigenvalue weighted by Gasteiger charge is -2.12. The molecule has 16 heavy (non-hydrogen) atoms. The summed E-state index contributed by atoms with van der Waals surface area (Å²) < 4.78 is 2.38. The zero-order valence-corrected chi connectivity index (χ0v) is 10.4. The molecule has 2 aromatic rings. The van der Waals surface area contributed by atoms with Crippen LogP contribution < -0.4 is 0 Å². The Morgan fingerprint density at radius 3 is 2.69 bits per heavy atom. The van der Waals surface area contributed by atoms with Crippen LogP contribution in [0, 0.1) is 5.92 Å². The molecule has 0 saturated carbocycles. The fourth-order valence-corrected chi connectivity index (χ4v) is 2.04. The van der Waals surface area contributed by atoms with Crippen LogP contribution in [0.5, 0.6) is 0 Å². The van der Waals surface area contributed by atoms with Crippen molar-refractivity contribution in [3.05, 3.63) is 30.1 Å². The second-order valence-corrected chi connectivity index (χ2v) is 4.49. The van der Waals surface area contributed by atoms with Gasteiger partial charge in [0.15, 0.2) is 0 Å². The molecular weight excluding hydrogens is 196 g/mol. The molecule has 1 unspecified atom stereocenters. The van der Waals surface area contributed by atoms with E-state index in [0.29, 0.717) is 5.92 Å². The molecule has 0 aliphatic carbocycles. The second kappa shape index (κ2) is 4.69. The van der Waals surface area contributed by atoms with Gasteiger partial charge >= 0.3 is 0 Å². The number of hydrogen-bond donors (Lipinski definition) is 0. The van der Waals surface area contributed by atoms with Gasteiger partial charge in [-0.15, -0.1) is 0 Å². The first-order chi connectivity index (χ1) is 7.76. The number of hydrogen-bond acceptors (Lipinski definition) is 1. The Morgan fingerprint density at radius 2 is 2.00 bits per heavy atom. The highest BCUT2D eigenvalue weighted by Gasteiger charge is 2.10. The number of imidazole rings is 1. The largest absolute Gasteiger partial charge is 0.328 e. The van der Waals surface area contributed by atoms with Crippen LogP contribution in [0.1, 0.15) is 33.0 Å². The third-order valence-corrected chi connectivity index (χ3v) is 3.24. The predicted molar refractivity (Wildman–Crippen MR) is 68.6 cm³/mol. The Labute approximate surface area is 97.3 Å². The van der Waals surface area contributed by atoms with Crippen LogP contribution >= 0.6 is 0 Å². The normalized spacial score (nSPS) is 13.2. The number of fused-ring (bicyclic) bond motifs is 1. The molecule has 0 radical (unpaired) electrons. The number of benzene rings is 1. The quantitative estimate of drug-likeness (QED) is 0.763. The summed E-state index contributed by atoms with van der Waals surface area (Å²) in [5, 5.41) is 0. The molecule has 86 valence electrons. The third-order valence-electron chi connectivity index (χ3n) is 3.24. The minimum absolute atomic E-state index is 0.711. The molecule has 0 amide bonds. The average molecular weight is 216 g/mol. The molecule has 0 aliphatic rings. The summed E-state index contributed by atoms with van der Waals surface area (Å²) in [6, 6.07) is 8.42. The van der Waals surface area contributed by atoms with Crippen LogP contribution in [0.3, 0.4) is 0 Å². The van der Waals surface area contributed by atoms with Crippen LogP contribution in [-0.4, -0.2) is 9.55 Å². The van der Waals surface area contributed by atoms with Gasteiger partial charge in [0.05, 0.1) is 11.0 Å². The molecule has 0 fully saturated rings. The Morgan fingerprint density at radius 1 is 1.25 bits per heavy atom. The molecule has 0 N–H and O–H groups in total. The Balaban J connectivity index is 2.47. The SMILES string of the molecule is CCc1nc2ccccc2n1CC(C)CC. The monoisotopic (exact) mass is 216 g/mol. The molecule has 0 saturated heterocycles. The Kier molecular flexibility index (Phi) is 3.28. The molecule has 2 rings (SSSR count). The maximum atomic E-state index is 4.68. The fourth-order valence-electron chi connectivity index (χ4n) is 2.04. The lowest BCUT2D eigenvalue weighted by molar-refractivity contribution is 0.466. The van der Waals surface area contributed by atoms with Crippen LogP contribution in [-0.2, 0) is 13.0 Å². The molecule has 2 heteroatoms. The van der Waals surface area contributed by atoms with Crippen LogP contribution in [0.2, 0.25) is 0 Å². The first-order valence-electron chi connectivity index (χ1n) is 6.20. The van der Waals surface area contributed by atoms with Gasteiger partial charge in [-0.3, -0.25) is 0 Å². The zero-order valence-electron chi connectivity index (χ0n) is 10.4. The van der Waals surface area contributed by atoms with Gasteiger partial charge < -0.3 is 4.57 Å². The van der Waals surface area contributed by atoms with Crippen molar-refractivity contribution in [3.63, 3.8) is 0 Å². The molecule has 1 aromatic carbocycles. The van der Waals surface area contributed by atoms with E-state index in [-0.39, 0.29) is 0 Å². The first kappa shape index (κ1) is 11.2. The van der Waals surface area contributed by atoms with Crippen molar-refractivity contribution in [3.8, 4) is 0 Å². The minimum Gasteiger partial charge on any atom is -0.328 e. The third kappa shape index (κ3) is 1.97. The average Bonchev–Trinajstić information content (AvgIpc) is 2.67. The van der Waals surface area contributed by atoms with Gasteiger partial charge in [0.1, 0.15) is 5.82 Å². The first-order valence-corrected chi connectivity index (χ1v) is 6.20. The lowest BCUT2D eigenvalue weighted by Crippen LogP contribution is -2.09. The Hall–Kier alpha value is -1.31. The van der Waals surface area contributed by atoms with E-state index in [4.69, 9.17) is 0 Å². The van der Waals surface area contributed by atoms with E-state index in [1.165, 1.54) is 17.8 Å². The highest BCUT2D eigenvalue weighted by Crippen LogP contribution is 2.18. The fraction of sp³-hybridized carbons (Fsp3) is 0.500. The molecule has 1 heterocycles. The molecule has 1 atom stereocenters. The van der Waals surface area contributed by atoms with Gasteiger partial charge in [0.25, 0.3) is 0 Å². The van der Waals surface area contributed by atoms with Crippen LogP contribution in [0.4, 0.5) is 0 Å². The lowest BCUT2D eigenvalue weighted by atomic mass is 10.1. The van der Waals surface area contributed by atoms with E-state index in [9.17, 15) is 0 Å². The summed E-state index contributed by atoms with van der Waals surface area (Å²) in [4.78, 5) is 4.68. The standard InChI is InChI=1S/C14H20N2/c1-4-11(3)10-16-13-9-7-6-8-12(13)15-14(16)5-2/h6-9,11H,4-5,10H2,1-3H3. The molecule has 2 nitrogen and oxygen atoms in total. The smallest absolute Gasteiger partial charge is 0.109 e. The van der Waals surface area contributed by atoms with Crippen molar-refractivity contribution in [2.24, 2.45) is 5.92 Å². The zero-order chi connectivity index (χ0) is 11.5. The van der Waals surface area contributed by atoms with Crippen LogP contribution in [0.15, 0.2) is 24.3 Å². The van der Waals surface area contributed by atoms with Crippen molar-refractivity contribution in [1.82, 2.24) is 9.55 Å². The molecule has 0 spiro atoms. The number of nitrogens with zero attached hydrogens (tertiary/aromatic N) is 2. The van der Waals surface area contributed by atoms with Crippen molar-refractivity contribution < 1.29 is 0 Å². The molecule has 0 aliphatic heterocycles. The summed E-state index contributed by atoms with van der Waals surface area (Å²) >= 11 is 0. The van der Waals surface area contributed by atoms with Crippen molar-refractivity contribution in [2.45, 2.75) is 40.2 Å². The van der Waals surface area contributed by atoms with E-state index >= 15 is 0 Å². The van der Waals surface area contributed by atoms with E-state index in [1.54, 1.807) is 0 Å². The second-order valence-electron chi connectivity index (χ2n) is 4.49. The Bertz CT molecular complexity index is 471. The van der Waals surface area contributed by atoms with Gasteiger partial charge in [0, 0.05) is 13.0 Å². The predicted octanol–water partition coefficient (Wildman–Crippen LogP) is 3.64. The molecule has 0 bridgehead atoms. The van der Waals surface area contributed by atoms with Crippen molar-refractivity contribution in [1.29, 1.82) is 0 Å². The number of para-hydroxylation sites is 2. The maximum Gasteiger partial charge on any atom is 0.109 e. The summed E-state index contributed by atoms with van der Waals surface area (Å²) in [6.07, 6.45) is 2.22. The summed E-state index contributed by atoms with van der Waals surface area (Å²) in [7, 11) is 0. The van der Waals surface area contributed by atoms with Crippen molar-refractivity contribution in [2.75, 3.05) is 0 Å². The van der Waals surface area contributed by atoms with Gasteiger partial charge in [0.2, 0.25) is 0 Å². The van der Waals surface area contributed by atoms with Gasteiger partial charge in [-0.2, -0.15) is 0 Å². The highest BCUT2D eigenvalue weighted by atomic mass is 15.1. The van der Waals surface area contributed by atoms with E-state index < -0.39 is 0 Å². The minimum atomic E-state index is 0.711. The summed E-state index contributed by atoms with van der Waals surface area (Å²) in [5.74, 6) is 1.92. The highest BCUT2D eigenvalue weighted by molar-refractivity contribution is 5.75. The van der Waals surface area contributed by atoms with Gasteiger partial charge in [-0.1, -0.05) is 39.3 Å². The molecular formula is C14H20N2. The van der Waals surface area contributed by atoms with Crippen molar-refractivity contribution >= 4 is 11.0 Å². The van der Waals surface area contributed by atoms with Gasteiger partial charge in [-0.05, 0) is 18.1 Å². The molecule has 1 aromatic heterocycles. The van der Waals surface area contributed by atoms with Gasteiger partial charge in [-0.25, -0.2) is 4.98 Å². The van der Waals surface area contributed by atoms with E-state index in [2.05, 4.69) is 54.6 Å². The number of aryl methyl sites for hydroxylation is 1. The summed E-state index contributed by atoms with van der Waals surface area (Å²) in [5.41, 5.74) is 2.40. The van der Waals surface area contributed by atoms with Crippen LogP contribution in [0.25, 0.3) is 11.0 Å². The van der Waals surface area contributed by atoms with E-state index in [0.717, 1.165) is 18.5 Å². The topological polar surface area (TPSA) is 17.8 Å². The van der Waals surface area contributed by atoms with E-state index in [1.807, 2.05) is 0 Å². The maximum absolute atomic E-state index is 4.68.